The predicted molar refractivity (Wildman–Crippen MR) is 72.1 cm³/mol. The van der Waals surface area contributed by atoms with E-state index in [9.17, 15) is 9.90 Å². The van der Waals surface area contributed by atoms with Gasteiger partial charge in [0.1, 0.15) is 5.75 Å². The van der Waals surface area contributed by atoms with Crippen molar-refractivity contribution in [3.8, 4) is 5.75 Å². The maximum absolute atomic E-state index is 11.8. The Hall–Kier alpha value is -1.55. The monoisotopic (exact) mass is 250 g/mol. The molecule has 0 aliphatic heterocycles. The van der Waals surface area contributed by atoms with Crippen LogP contribution in [0.1, 0.15) is 38.8 Å². The van der Waals surface area contributed by atoms with Crippen LogP contribution < -0.4 is 11.1 Å². The smallest absolute Gasteiger partial charge is 0.237 e. The van der Waals surface area contributed by atoms with Gasteiger partial charge in [-0.25, -0.2) is 0 Å². The fourth-order valence-corrected chi connectivity index (χ4v) is 1.81. The normalized spacial score (nSPS) is 14.3. The molecule has 0 aromatic heterocycles. The van der Waals surface area contributed by atoms with Crippen molar-refractivity contribution < 1.29 is 9.90 Å². The van der Waals surface area contributed by atoms with Crippen LogP contribution in [-0.2, 0) is 4.79 Å². The van der Waals surface area contributed by atoms with E-state index >= 15 is 0 Å². The van der Waals surface area contributed by atoms with Gasteiger partial charge in [-0.1, -0.05) is 26.0 Å². The first-order chi connectivity index (χ1) is 8.40. The highest BCUT2D eigenvalue weighted by Crippen LogP contribution is 2.18. The largest absolute Gasteiger partial charge is 0.508 e. The molecule has 4 heteroatoms. The van der Waals surface area contributed by atoms with Crippen LogP contribution in [0.4, 0.5) is 0 Å². The molecule has 0 heterocycles. The third-order valence-corrected chi connectivity index (χ3v) is 2.79. The van der Waals surface area contributed by atoms with Crippen LogP contribution in [0.15, 0.2) is 24.3 Å². The minimum absolute atomic E-state index is 0.153. The molecule has 0 saturated heterocycles. The molecule has 0 spiro atoms. The van der Waals surface area contributed by atoms with Crippen molar-refractivity contribution in [3.05, 3.63) is 29.8 Å². The summed E-state index contributed by atoms with van der Waals surface area (Å²) in [6.07, 6.45) is 0.665. The van der Waals surface area contributed by atoms with Gasteiger partial charge in [-0.2, -0.15) is 0 Å². The molecule has 1 amide bonds. The highest BCUT2D eigenvalue weighted by Gasteiger charge is 2.17. The van der Waals surface area contributed by atoms with E-state index in [1.807, 2.05) is 26.8 Å². The first kappa shape index (κ1) is 14.5. The molecule has 18 heavy (non-hydrogen) atoms. The lowest BCUT2D eigenvalue weighted by molar-refractivity contribution is -0.123. The average Bonchev–Trinajstić information content (AvgIpc) is 2.27. The Morgan fingerprint density at radius 1 is 1.39 bits per heavy atom. The van der Waals surface area contributed by atoms with Crippen LogP contribution in [-0.4, -0.2) is 17.1 Å². The van der Waals surface area contributed by atoms with Gasteiger partial charge in [0.05, 0.1) is 12.1 Å². The van der Waals surface area contributed by atoms with Crippen molar-refractivity contribution in [1.29, 1.82) is 0 Å². The summed E-state index contributed by atoms with van der Waals surface area (Å²) in [6.45, 7) is 5.94. The Balaban J connectivity index is 2.59. The number of nitrogens with two attached hydrogens (primary N) is 1. The molecular formula is C14H22N2O2. The topological polar surface area (TPSA) is 75.4 Å². The molecule has 0 fully saturated rings. The number of nitrogens with one attached hydrogen (secondary N) is 1. The van der Waals surface area contributed by atoms with Crippen molar-refractivity contribution in [1.82, 2.24) is 5.32 Å². The minimum atomic E-state index is -0.482. The SMILES string of the molecule is CC(C)C[C@@H](N)C(=O)NC(C)c1cccc(O)c1. The van der Waals surface area contributed by atoms with Crippen molar-refractivity contribution in [2.75, 3.05) is 0 Å². The van der Waals surface area contributed by atoms with Crippen molar-refractivity contribution >= 4 is 5.91 Å². The van der Waals surface area contributed by atoms with Gasteiger partial charge in [0.2, 0.25) is 5.91 Å². The molecule has 1 unspecified atom stereocenters. The van der Waals surface area contributed by atoms with Crippen LogP contribution in [0.25, 0.3) is 0 Å². The van der Waals surface area contributed by atoms with E-state index in [-0.39, 0.29) is 17.7 Å². The third kappa shape index (κ3) is 4.37. The van der Waals surface area contributed by atoms with E-state index < -0.39 is 6.04 Å². The predicted octanol–water partition coefficient (Wildman–Crippen LogP) is 1.94. The lowest BCUT2D eigenvalue weighted by Gasteiger charge is -2.19. The van der Waals surface area contributed by atoms with Crippen LogP contribution in [0.5, 0.6) is 5.75 Å². The maximum Gasteiger partial charge on any atom is 0.237 e. The molecule has 1 aromatic carbocycles. The number of carbonyl (C=O) groups excluding carboxylic acids is 1. The van der Waals surface area contributed by atoms with Gasteiger partial charge < -0.3 is 16.2 Å². The summed E-state index contributed by atoms with van der Waals surface area (Å²) in [5.74, 6) is 0.432. The number of phenolic OH excluding ortho intramolecular Hbond substituents is 1. The highest BCUT2D eigenvalue weighted by molar-refractivity contribution is 5.81. The summed E-state index contributed by atoms with van der Waals surface area (Å²) in [7, 11) is 0. The van der Waals surface area contributed by atoms with Crippen molar-refractivity contribution in [2.24, 2.45) is 11.7 Å². The minimum Gasteiger partial charge on any atom is -0.508 e. The lowest BCUT2D eigenvalue weighted by Crippen LogP contribution is -2.42. The van der Waals surface area contributed by atoms with E-state index in [4.69, 9.17) is 5.73 Å². The standard InChI is InChI=1S/C14H22N2O2/c1-9(2)7-13(15)14(18)16-10(3)11-5-4-6-12(17)8-11/h4-6,8-10,13,17H,7,15H2,1-3H3,(H,16,18)/t10?,13-/m1/s1. The second-order valence-corrected chi connectivity index (χ2v) is 5.06. The van der Waals surface area contributed by atoms with Crippen LogP contribution in [0, 0.1) is 5.92 Å². The Bertz CT molecular complexity index is 405. The first-order valence-electron chi connectivity index (χ1n) is 6.25. The van der Waals surface area contributed by atoms with Gasteiger partial charge in [0, 0.05) is 0 Å². The Morgan fingerprint density at radius 2 is 2.06 bits per heavy atom. The second kappa shape index (κ2) is 6.40. The zero-order valence-corrected chi connectivity index (χ0v) is 11.2. The number of carbonyl (C=O) groups is 1. The fraction of sp³-hybridized carbons (Fsp3) is 0.500. The fourth-order valence-electron chi connectivity index (χ4n) is 1.81. The summed E-state index contributed by atoms with van der Waals surface area (Å²) < 4.78 is 0. The number of benzene rings is 1. The second-order valence-electron chi connectivity index (χ2n) is 5.06. The van der Waals surface area contributed by atoms with Gasteiger partial charge in [0.25, 0.3) is 0 Å². The van der Waals surface area contributed by atoms with Crippen molar-refractivity contribution in [2.45, 2.75) is 39.3 Å². The molecular weight excluding hydrogens is 228 g/mol. The van der Waals surface area contributed by atoms with Crippen LogP contribution in [0.2, 0.25) is 0 Å². The Kier molecular flexibility index (Phi) is 5.16. The maximum atomic E-state index is 11.8. The zero-order valence-electron chi connectivity index (χ0n) is 11.2. The lowest BCUT2D eigenvalue weighted by atomic mass is 10.0. The van der Waals surface area contributed by atoms with E-state index in [2.05, 4.69) is 5.32 Å². The molecule has 0 bridgehead atoms. The highest BCUT2D eigenvalue weighted by atomic mass is 16.3. The van der Waals surface area contributed by atoms with E-state index in [0.29, 0.717) is 12.3 Å². The molecule has 100 valence electrons. The van der Waals surface area contributed by atoms with Gasteiger partial charge in [-0.15, -0.1) is 0 Å². The quantitative estimate of drug-likeness (QED) is 0.747. The van der Waals surface area contributed by atoms with E-state index in [1.54, 1.807) is 18.2 Å². The summed E-state index contributed by atoms with van der Waals surface area (Å²) >= 11 is 0. The number of hydrogen-bond donors (Lipinski definition) is 3. The molecule has 0 aliphatic rings. The first-order valence-corrected chi connectivity index (χ1v) is 6.25. The number of aromatic hydroxyl groups is 1. The molecule has 4 nitrogen and oxygen atoms in total. The molecule has 1 rings (SSSR count). The van der Waals surface area contributed by atoms with Crippen molar-refractivity contribution in [3.63, 3.8) is 0 Å². The van der Waals surface area contributed by atoms with E-state index in [0.717, 1.165) is 5.56 Å². The zero-order chi connectivity index (χ0) is 13.7. The van der Waals surface area contributed by atoms with Gasteiger partial charge >= 0.3 is 0 Å². The molecule has 0 saturated carbocycles. The number of rotatable bonds is 5. The van der Waals surface area contributed by atoms with Gasteiger partial charge in [0.15, 0.2) is 0 Å². The molecule has 0 radical (unpaired) electrons. The molecule has 0 aliphatic carbocycles. The summed E-state index contributed by atoms with van der Waals surface area (Å²) in [6, 6.07) is 6.20. The summed E-state index contributed by atoms with van der Waals surface area (Å²) in [5, 5.41) is 12.2. The van der Waals surface area contributed by atoms with Crippen LogP contribution >= 0.6 is 0 Å². The molecule has 4 N–H and O–H groups in total. The van der Waals surface area contributed by atoms with Gasteiger partial charge in [-0.05, 0) is 37.0 Å². The summed E-state index contributed by atoms with van der Waals surface area (Å²) in [4.78, 5) is 11.8. The van der Waals surface area contributed by atoms with Crippen LogP contribution in [0.3, 0.4) is 0 Å². The number of hydrogen-bond acceptors (Lipinski definition) is 3. The number of phenols is 1. The Morgan fingerprint density at radius 3 is 2.61 bits per heavy atom. The van der Waals surface area contributed by atoms with E-state index in [1.165, 1.54) is 0 Å². The molecule has 1 aromatic rings. The third-order valence-electron chi connectivity index (χ3n) is 2.79. The molecule has 2 atom stereocenters. The average molecular weight is 250 g/mol. The number of amides is 1. The van der Waals surface area contributed by atoms with Gasteiger partial charge in [-0.3, -0.25) is 4.79 Å². The summed E-state index contributed by atoms with van der Waals surface area (Å²) in [5.41, 5.74) is 6.67. The Labute approximate surface area is 108 Å².